The fourth-order valence-electron chi connectivity index (χ4n) is 2.08. The van der Waals surface area contributed by atoms with E-state index in [1.54, 1.807) is 0 Å². The number of nitrogens with zero attached hydrogens (tertiary/aromatic N) is 2. The summed E-state index contributed by atoms with van der Waals surface area (Å²) in [4.78, 5) is 4.40. The van der Waals surface area contributed by atoms with E-state index in [0.717, 1.165) is 38.0 Å². The topological polar surface area (TPSA) is 83.5 Å². The predicted octanol–water partition coefficient (Wildman–Crippen LogP) is 2.29. The molecule has 0 saturated heterocycles. The Kier molecular flexibility index (Phi) is 6.45. The maximum absolute atomic E-state index is 8.72. The van der Waals surface area contributed by atoms with E-state index in [1.807, 2.05) is 26.1 Å². The molecule has 20 heavy (non-hydrogen) atoms. The molecule has 0 spiro atoms. The first-order valence-corrected chi connectivity index (χ1v) is 7.12. The van der Waals surface area contributed by atoms with Crippen LogP contribution in [0.1, 0.15) is 44.9 Å². The summed E-state index contributed by atoms with van der Waals surface area (Å²) in [5.41, 5.74) is 7.80. The molecule has 0 amide bonds. The minimum Gasteiger partial charge on any atom is -0.409 e. The van der Waals surface area contributed by atoms with E-state index in [9.17, 15) is 0 Å². The Labute approximate surface area is 121 Å². The van der Waals surface area contributed by atoms with Crippen molar-refractivity contribution in [2.45, 2.75) is 46.6 Å². The highest BCUT2D eigenvalue weighted by atomic mass is 16.4. The summed E-state index contributed by atoms with van der Waals surface area (Å²) in [6.45, 7) is 7.78. The van der Waals surface area contributed by atoms with Gasteiger partial charge in [0, 0.05) is 18.2 Å². The number of oxime groups is 1. The standard InChI is InChI=1S/C15H26N4O/c1-4-12-7-5-10-18-13(12)11-17-9-6-8-15(2,3)14(16)19-20/h5,7,10,17,20H,4,6,8-9,11H2,1-3H3,(H2,16,19). The van der Waals surface area contributed by atoms with Crippen LogP contribution in [0.5, 0.6) is 0 Å². The van der Waals surface area contributed by atoms with Crippen molar-refractivity contribution in [3.63, 3.8) is 0 Å². The molecule has 0 fully saturated rings. The number of pyridine rings is 1. The first-order chi connectivity index (χ1) is 9.51. The van der Waals surface area contributed by atoms with Crippen LogP contribution in [0.3, 0.4) is 0 Å². The number of aromatic nitrogens is 1. The Morgan fingerprint density at radius 2 is 2.25 bits per heavy atom. The molecule has 0 atom stereocenters. The molecule has 1 aromatic heterocycles. The van der Waals surface area contributed by atoms with Crippen molar-refractivity contribution in [2.24, 2.45) is 16.3 Å². The molecule has 112 valence electrons. The Balaban J connectivity index is 2.32. The second-order valence-electron chi connectivity index (χ2n) is 5.61. The van der Waals surface area contributed by atoms with Crippen LogP contribution in [0, 0.1) is 5.41 Å². The lowest BCUT2D eigenvalue weighted by Crippen LogP contribution is -2.32. The molecule has 0 bridgehead atoms. The molecule has 5 nitrogen and oxygen atoms in total. The summed E-state index contributed by atoms with van der Waals surface area (Å²) in [6, 6.07) is 4.09. The zero-order valence-corrected chi connectivity index (χ0v) is 12.7. The van der Waals surface area contributed by atoms with Crippen molar-refractivity contribution >= 4 is 5.84 Å². The second kappa shape index (κ2) is 7.85. The first kappa shape index (κ1) is 16.4. The maximum atomic E-state index is 8.72. The number of amidine groups is 1. The summed E-state index contributed by atoms with van der Waals surface area (Å²) >= 11 is 0. The molecule has 0 saturated carbocycles. The third-order valence-electron chi connectivity index (χ3n) is 3.61. The summed E-state index contributed by atoms with van der Waals surface area (Å²) in [7, 11) is 0. The van der Waals surface area contributed by atoms with Crippen LogP contribution in [-0.4, -0.2) is 22.6 Å². The van der Waals surface area contributed by atoms with E-state index in [-0.39, 0.29) is 11.3 Å². The fourth-order valence-corrected chi connectivity index (χ4v) is 2.08. The monoisotopic (exact) mass is 278 g/mol. The van der Waals surface area contributed by atoms with Gasteiger partial charge >= 0.3 is 0 Å². The van der Waals surface area contributed by atoms with Crippen molar-refractivity contribution < 1.29 is 5.21 Å². The van der Waals surface area contributed by atoms with E-state index in [4.69, 9.17) is 10.9 Å². The highest BCUT2D eigenvalue weighted by Crippen LogP contribution is 2.21. The zero-order valence-electron chi connectivity index (χ0n) is 12.7. The molecule has 4 N–H and O–H groups in total. The average Bonchev–Trinajstić information content (AvgIpc) is 2.46. The largest absolute Gasteiger partial charge is 0.409 e. The Bertz CT molecular complexity index is 443. The van der Waals surface area contributed by atoms with Crippen LogP contribution >= 0.6 is 0 Å². The maximum Gasteiger partial charge on any atom is 0.144 e. The van der Waals surface area contributed by atoms with Crippen molar-refractivity contribution in [2.75, 3.05) is 6.54 Å². The molecule has 1 heterocycles. The molecule has 0 aliphatic rings. The van der Waals surface area contributed by atoms with Gasteiger partial charge in [-0.25, -0.2) is 0 Å². The molecule has 0 unspecified atom stereocenters. The summed E-state index contributed by atoms with van der Waals surface area (Å²) < 4.78 is 0. The van der Waals surface area contributed by atoms with Gasteiger partial charge in [-0.05, 0) is 37.4 Å². The lowest BCUT2D eigenvalue weighted by Gasteiger charge is -2.22. The lowest BCUT2D eigenvalue weighted by molar-refractivity contribution is 0.304. The van der Waals surface area contributed by atoms with Gasteiger partial charge in [0.1, 0.15) is 5.84 Å². The minimum atomic E-state index is -0.268. The molecule has 1 rings (SSSR count). The Hall–Kier alpha value is -1.62. The molecule has 5 heteroatoms. The van der Waals surface area contributed by atoms with Crippen LogP contribution in [0.4, 0.5) is 0 Å². The number of aryl methyl sites for hydroxylation is 1. The summed E-state index contributed by atoms with van der Waals surface area (Å²) in [5, 5.41) is 15.2. The molecule has 1 aromatic rings. The Morgan fingerprint density at radius 3 is 2.90 bits per heavy atom. The number of nitrogens with two attached hydrogens (primary N) is 1. The first-order valence-electron chi connectivity index (χ1n) is 7.12. The molecular weight excluding hydrogens is 252 g/mol. The summed E-state index contributed by atoms with van der Waals surface area (Å²) in [5.74, 6) is 0.287. The minimum absolute atomic E-state index is 0.268. The number of nitrogens with one attached hydrogen (secondary N) is 1. The van der Waals surface area contributed by atoms with E-state index in [0.29, 0.717) is 0 Å². The fraction of sp³-hybridized carbons (Fsp3) is 0.600. The lowest BCUT2D eigenvalue weighted by atomic mass is 9.86. The van der Waals surface area contributed by atoms with Gasteiger partial charge in [0.05, 0.1) is 5.69 Å². The molecule has 0 radical (unpaired) electrons. The normalized spacial score (nSPS) is 12.7. The average molecular weight is 278 g/mol. The number of hydrogen-bond donors (Lipinski definition) is 3. The third kappa shape index (κ3) is 4.81. The number of rotatable bonds is 8. The number of hydrogen-bond acceptors (Lipinski definition) is 4. The van der Waals surface area contributed by atoms with Crippen LogP contribution in [0.2, 0.25) is 0 Å². The van der Waals surface area contributed by atoms with Gasteiger partial charge in [-0.15, -0.1) is 0 Å². The Morgan fingerprint density at radius 1 is 1.50 bits per heavy atom. The van der Waals surface area contributed by atoms with Crippen LogP contribution < -0.4 is 11.1 Å². The highest BCUT2D eigenvalue weighted by Gasteiger charge is 2.22. The van der Waals surface area contributed by atoms with Gasteiger partial charge in [-0.2, -0.15) is 0 Å². The van der Waals surface area contributed by atoms with Crippen molar-refractivity contribution in [3.05, 3.63) is 29.6 Å². The van der Waals surface area contributed by atoms with Crippen molar-refractivity contribution in [3.8, 4) is 0 Å². The molecule has 0 aliphatic carbocycles. The van der Waals surface area contributed by atoms with Crippen LogP contribution in [0.15, 0.2) is 23.5 Å². The SMILES string of the molecule is CCc1cccnc1CNCCCC(C)(C)/C(N)=N/O. The van der Waals surface area contributed by atoms with Gasteiger partial charge in [-0.1, -0.05) is 32.0 Å². The highest BCUT2D eigenvalue weighted by molar-refractivity contribution is 5.85. The van der Waals surface area contributed by atoms with E-state index < -0.39 is 0 Å². The molecule has 0 aromatic carbocycles. The van der Waals surface area contributed by atoms with Gasteiger partial charge < -0.3 is 16.3 Å². The molecule has 0 aliphatic heterocycles. The predicted molar refractivity (Wildman–Crippen MR) is 81.7 cm³/mol. The van der Waals surface area contributed by atoms with Crippen molar-refractivity contribution in [1.82, 2.24) is 10.3 Å². The van der Waals surface area contributed by atoms with Gasteiger partial charge in [0.25, 0.3) is 0 Å². The second-order valence-corrected chi connectivity index (χ2v) is 5.61. The van der Waals surface area contributed by atoms with E-state index >= 15 is 0 Å². The van der Waals surface area contributed by atoms with Gasteiger partial charge in [0.15, 0.2) is 0 Å². The summed E-state index contributed by atoms with van der Waals surface area (Å²) in [6.07, 6.45) is 4.68. The smallest absolute Gasteiger partial charge is 0.144 e. The van der Waals surface area contributed by atoms with E-state index in [1.165, 1.54) is 5.56 Å². The van der Waals surface area contributed by atoms with Gasteiger partial charge in [-0.3, -0.25) is 4.98 Å². The zero-order chi connectivity index (χ0) is 15.0. The quantitative estimate of drug-likeness (QED) is 0.224. The van der Waals surface area contributed by atoms with Crippen LogP contribution in [0.25, 0.3) is 0 Å². The molecular formula is C15H26N4O. The van der Waals surface area contributed by atoms with Crippen LogP contribution in [-0.2, 0) is 13.0 Å². The third-order valence-corrected chi connectivity index (χ3v) is 3.61. The van der Waals surface area contributed by atoms with Crippen molar-refractivity contribution in [1.29, 1.82) is 0 Å². The van der Waals surface area contributed by atoms with Gasteiger partial charge in [0.2, 0.25) is 0 Å². The van der Waals surface area contributed by atoms with E-state index in [2.05, 4.69) is 28.4 Å².